The van der Waals surface area contributed by atoms with Crippen LogP contribution < -0.4 is 0 Å². The highest BCUT2D eigenvalue weighted by atomic mass is 32.2. The SMILES string of the molecule is CC(Sc1cccc(C(F)(F)F)n1)C(=O)O. The number of aromatic nitrogens is 1. The van der Waals surface area contributed by atoms with Gasteiger partial charge in [0.25, 0.3) is 0 Å². The molecule has 1 N–H and O–H groups in total. The van der Waals surface area contributed by atoms with Crippen molar-refractivity contribution in [3.63, 3.8) is 0 Å². The summed E-state index contributed by atoms with van der Waals surface area (Å²) < 4.78 is 36.8. The number of aliphatic carboxylic acids is 1. The number of carboxylic acid groups (broad SMARTS) is 1. The van der Waals surface area contributed by atoms with Gasteiger partial charge in [-0.2, -0.15) is 13.2 Å². The maximum Gasteiger partial charge on any atom is 0.433 e. The van der Waals surface area contributed by atoms with Crippen LogP contribution in [0.4, 0.5) is 13.2 Å². The van der Waals surface area contributed by atoms with E-state index in [1.807, 2.05) is 0 Å². The lowest BCUT2D eigenvalue weighted by Gasteiger charge is -2.08. The number of halogens is 3. The topological polar surface area (TPSA) is 50.2 Å². The number of carbonyl (C=O) groups is 1. The van der Waals surface area contributed by atoms with Gasteiger partial charge in [0.05, 0.1) is 5.03 Å². The van der Waals surface area contributed by atoms with E-state index in [9.17, 15) is 18.0 Å². The summed E-state index contributed by atoms with van der Waals surface area (Å²) in [5, 5.41) is 7.81. The van der Waals surface area contributed by atoms with Crippen molar-refractivity contribution in [2.24, 2.45) is 0 Å². The van der Waals surface area contributed by atoms with Crippen LogP contribution >= 0.6 is 11.8 Å². The van der Waals surface area contributed by atoms with Gasteiger partial charge in [0.2, 0.25) is 0 Å². The quantitative estimate of drug-likeness (QED) is 0.839. The molecule has 0 saturated heterocycles. The molecule has 0 fully saturated rings. The fourth-order valence-electron chi connectivity index (χ4n) is 0.870. The van der Waals surface area contributed by atoms with E-state index in [1.165, 1.54) is 19.1 Å². The zero-order chi connectivity index (χ0) is 12.3. The molecule has 0 saturated carbocycles. The van der Waals surface area contributed by atoms with Crippen LogP contribution in [-0.2, 0) is 11.0 Å². The van der Waals surface area contributed by atoms with E-state index in [0.717, 1.165) is 17.8 Å². The monoisotopic (exact) mass is 251 g/mol. The van der Waals surface area contributed by atoms with Crippen LogP contribution in [0.1, 0.15) is 12.6 Å². The van der Waals surface area contributed by atoms with E-state index >= 15 is 0 Å². The number of carboxylic acids is 1. The number of pyridine rings is 1. The van der Waals surface area contributed by atoms with Crippen LogP contribution in [0.2, 0.25) is 0 Å². The molecular weight excluding hydrogens is 243 g/mol. The molecular formula is C9H8F3NO2S. The van der Waals surface area contributed by atoms with E-state index in [4.69, 9.17) is 5.11 Å². The first-order chi connectivity index (χ1) is 7.30. The number of hydrogen-bond donors (Lipinski definition) is 1. The maximum absolute atomic E-state index is 12.3. The number of hydrogen-bond acceptors (Lipinski definition) is 3. The van der Waals surface area contributed by atoms with Gasteiger partial charge in [0.1, 0.15) is 10.9 Å². The second-order valence-electron chi connectivity index (χ2n) is 2.96. The van der Waals surface area contributed by atoms with Crippen LogP contribution in [0.15, 0.2) is 23.2 Å². The van der Waals surface area contributed by atoms with Crippen molar-refractivity contribution in [1.82, 2.24) is 4.98 Å². The number of nitrogens with zero attached hydrogens (tertiary/aromatic N) is 1. The molecule has 7 heteroatoms. The Morgan fingerprint density at radius 1 is 1.50 bits per heavy atom. The Bertz CT molecular complexity index is 395. The van der Waals surface area contributed by atoms with Crippen LogP contribution in [-0.4, -0.2) is 21.3 Å². The normalized spacial score (nSPS) is 13.5. The van der Waals surface area contributed by atoms with E-state index in [2.05, 4.69) is 4.98 Å². The van der Waals surface area contributed by atoms with Crippen LogP contribution in [0.25, 0.3) is 0 Å². The van der Waals surface area contributed by atoms with Crippen LogP contribution in [0.3, 0.4) is 0 Å². The van der Waals surface area contributed by atoms with Crippen molar-refractivity contribution in [3.8, 4) is 0 Å². The third kappa shape index (κ3) is 3.41. The largest absolute Gasteiger partial charge is 0.480 e. The minimum Gasteiger partial charge on any atom is -0.480 e. The molecule has 1 atom stereocenters. The number of thioether (sulfide) groups is 1. The zero-order valence-electron chi connectivity index (χ0n) is 8.15. The Kier molecular flexibility index (Phi) is 3.79. The Labute approximate surface area is 93.7 Å². The standard InChI is InChI=1S/C9H8F3NO2S/c1-5(8(14)15)16-7-4-2-3-6(13-7)9(10,11)12/h2-5H,1H3,(H,14,15). The van der Waals surface area contributed by atoms with Crippen molar-refractivity contribution >= 4 is 17.7 Å². The highest BCUT2D eigenvalue weighted by molar-refractivity contribution is 8.00. The van der Waals surface area contributed by atoms with E-state index in [1.54, 1.807) is 0 Å². The molecule has 1 aromatic rings. The van der Waals surface area contributed by atoms with Crippen LogP contribution in [0.5, 0.6) is 0 Å². The van der Waals surface area contributed by atoms with E-state index < -0.39 is 23.1 Å². The van der Waals surface area contributed by atoms with Crippen molar-refractivity contribution in [1.29, 1.82) is 0 Å². The highest BCUT2D eigenvalue weighted by Crippen LogP contribution is 2.30. The minimum atomic E-state index is -4.51. The molecule has 0 aromatic carbocycles. The Balaban J connectivity index is 2.87. The average molecular weight is 251 g/mol. The van der Waals surface area contributed by atoms with Gasteiger partial charge in [0, 0.05) is 0 Å². The summed E-state index contributed by atoms with van der Waals surface area (Å²) in [5.74, 6) is -1.09. The summed E-state index contributed by atoms with van der Waals surface area (Å²) in [6, 6.07) is 3.39. The fraction of sp³-hybridized carbons (Fsp3) is 0.333. The second-order valence-corrected chi connectivity index (χ2v) is 4.32. The van der Waals surface area contributed by atoms with Crippen molar-refractivity contribution in [3.05, 3.63) is 23.9 Å². The van der Waals surface area contributed by atoms with Gasteiger partial charge in [-0.05, 0) is 19.1 Å². The molecule has 0 radical (unpaired) electrons. The summed E-state index contributed by atoms with van der Waals surface area (Å²) in [6.07, 6.45) is -4.51. The summed E-state index contributed by atoms with van der Waals surface area (Å²) in [7, 11) is 0. The smallest absolute Gasteiger partial charge is 0.433 e. The predicted octanol–water partition coefficient (Wildman–Crippen LogP) is 2.67. The maximum atomic E-state index is 12.3. The Morgan fingerprint density at radius 3 is 2.62 bits per heavy atom. The molecule has 1 unspecified atom stereocenters. The Hall–Kier alpha value is -1.24. The molecule has 0 amide bonds. The number of alkyl halides is 3. The molecule has 1 rings (SSSR count). The van der Waals surface area contributed by atoms with Crippen LogP contribution in [0, 0.1) is 0 Å². The molecule has 0 aliphatic heterocycles. The lowest BCUT2D eigenvalue weighted by molar-refractivity contribution is -0.141. The summed E-state index contributed by atoms with van der Waals surface area (Å²) in [4.78, 5) is 13.9. The first-order valence-corrected chi connectivity index (χ1v) is 5.12. The molecule has 0 bridgehead atoms. The van der Waals surface area contributed by atoms with Crippen molar-refractivity contribution in [2.75, 3.05) is 0 Å². The first-order valence-electron chi connectivity index (χ1n) is 4.24. The molecule has 0 aliphatic rings. The van der Waals surface area contributed by atoms with Gasteiger partial charge in [-0.25, -0.2) is 4.98 Å². The summed E-state index contributed by atoms with van der Waals surface area (Å²) >= 11 is 0.771. The molecule has 0 spiro atoms. The van der Waals surface area contributed by atoms with Gasteiger partial charge in [-0.3, -0.25) is 4.79 Å². The summed E-state index contributed by atoms with van der Waals surface area (Å²) in [5.41, 5.74) is -1.02. The Morgan fingerprint density at radius 2 is 2.12 bits per heavy atom. The van der Waals surface area contributed by atoms with Crippen molar-refractivity contribution in [2.45, 2.75) is 23.4 Å². The van der Waals surface area contributed by atoms with Gasteiger partial charge >= 0.3 is 12.1 Å². The van der Waals surface area contributed by atoms with Gasteiger partial charge in [0.15, 0.2) is 0 Å². The molecule has 88 valence electrons. The zero-order valence-corrected chi connectivity index (χ0v) is 8.97. The third-order valence-corrected chi connectivity index (χ3v) is 2.68. The summed E-state index contributed by atoms with van der Waals surface area (Å²) in [6.45, 7) is 1.38. The highest BCUT2D eigenvalue weighted by Gasteiger charge is 2.32. The molecule has 1 heterocycles. The van der Waals surface area contributed by atoms with E-state index in [-0.39, 0.29) is 5.03 Å². The predicted molar refractivity (Wildman–Crippen MR) is 52.2 cm³/mol. The average Bonchev–Trinajstić information content (AvgIpc) is 2.16. The van der Waals surface area contributed by atoms with Gasteiger partial charge in [-0.15, -0.1) is 0 Å². The minimum absolute atomic E-state index is 0.0460. The first kappa shape index (κ1) is 12.8. The fourth-order valence-corrected chi connectivity index (χ4v) is 1.64. The van der Waals surface area contributed by atoms with Crippen molar-refractivity contribution < 1.29 is 23.1 Å². The lowest BCUT2D eigenvalue weighted by atomic mass is 10.3. The number of rotatable bonds is 3. The molecule has 1 aromatic heterocycles. The van der Waals surface area contributed by atoms with Gasteiger partial charge in [-0.1, -0.05) is 17.8 Å². The molecule has 16 heavy (non-hydrogen) atoms. The molecule has 0 aliphatic carbocycles. The van der Waals surface area contributed by atoms with E-state index in [0.29, 0.717) is 0 Å². The van der Waals surface area contributed by atoms with Gasteiger partial charge < -0.3 is 5.11 Å². The lowest BCUT2D eigenvalue weighted by Crippen LogP contribution is -2.12. The third-order valence-electron chi connectivity index (χ3n) is 1.66. The molecule has 3 nitrogen and oxygen atoms in total. The second kappa shape index (κ2) is 4.73.